The fourth-order valence-corrected chi connectivity index (χ4v) is 3.48. The third-order valence-corrected chi connectivity index (χ3v) is 5.27. The van der Waals surface area contributed by atoms with Crippen LogP contribution in [0.15, 0.2) is 66.0 Å². The van der Waals surface area contributed by atoms with Gasteiger partial charge in [0.05, 0.1) is 12.7 Å². The van der Waals surface area contributed by atoms with Crippen molar-refractivity contribution in [3.63, 3.8) is 0 Å². The molecule has 0 aromatic heterocycles. The van der Waals surface area contributed by atoms with Crippen molar-refractivity contribution >= 4 is 11.6 Å². The number of para-hydroxylation sites is 1. The Hall–Kier alpha value is -2.39. The van der Waals surface area contributed by atoms with Gasteiger partial charge >= 0.3 is 0 Å². The molecule has 3 unspecified atom stereocenters. The van der Waals surface area contributed by atoms with E-state index in [4.69, 9.17) is 26.2 Å². The maximum Gasteiger partial charge on any atom is 0.185 e. The first kappa shape index (κ1) is 22.9. The van der Waals surface area contributed by atoms with E-state index in [0.717, 1.165) is 18.4 Å². The van der Waals surface area contributed by atoms with Crippen molar-refractivity contribution in [2.24, 2.45) is 17.3 Å². The van der Waals surface area contributed by atoms with Gasteiger partial charge in [-0.2, -0.15) is 9.65 Å². The number of allylic oxidation sites excluding steroid dienone is 1. The van der Waals surface area contributed by atoms with Crippen molar-refractivity contribution in [3.8, 4) is 17.6 Å². The molecule has 6 heteroatoms. The van der Waals surface area contributed by atoms with Crippen LogP contribution in [0, 0.1) is 28.6 Å². The summed E-state index contributed by atoms with van der Waals surface area (Å²) >= 11 is 5.36. The first-order valence-electron chi connectivity index (χ1n) is 9.23. The number of nitriles is 1. The minimum absolute atomic E-state index is 0.0158. The fraction of sp³-hybridized carbons (Fsp3) is 0.348. The highest BCUT2D eigenvalue weighted by Gasteiger charge is 2.56. The van der Waals surface area contributed by atoms with Crippen molar-refractivity contribution in [3.05, 3.63) is 71.5 Å². The number of aliphatic hydroxyl groups is 1. The van der Waals surface area contributed by atoms with Crippen LogP contribution < -0.4 is 4.74 Å². The summed E-state index contributed by atoms with van der Waals surface area (Å²) in [7, 11) is 1.00. The summed E-state index contributed by atoms with van der Waals surface area (Å²) in [5.74, 6) is 1.50. The molecule has 3 atom stereocenters. The summed E-state index contributed by atoms with van der Waals surface area (Å²) in [5, 5.41) is 15.8. The third-order valence-electron chi connectivity index (χ3n) is 5.14. The molecule has 2 aromatic carbocycles. The first-order valence-corrected chi connectivity index (χ1v) is 9.61. The third kappa shape index (κ3) is 6.04. The van der Waals surface area contributed by atoms with Gasteiger partial charge in [0.15, 0.2) is 11.4 Å². The molecule has 154 valence electrons. The number of hydrogen-bond acceptors (Lipinski definition) is 4. The van der Waals surface area contributed by atoms with Crippen LogP contribution in [0.5, 0.6) is 11.5 Å². The Morgan fingerprint density at radius 1 is 1.21 bits per heavy atom. The normalized spacial score (nSPS) is 20.7. The standard InChI is InChI=1S/C22H21ClFNO2.CH4O/c1-22(2)18(12-21(23)24)19(22)14-26-20(13-25)15-7-6-10-17(11-15)27-16-8-4-3-5-9-16;1-2/h3-12,18-20H,14H2,1-2H3;2H,1H3/b21-12+;. The van der Waals surface area contributed by atoms with E-state index in [1.807, 2.05) is 62.4 Å². The highest BCUT2D eigenvalue weighted by atomic mass is 35.5. The van der Waals surface area contributed by atoms with Crippen molar-refractivity contribution in [2.75, 3.05) is 13.7 Å². The molecule has 0 saturated heterocycles. The highest BCUT2D eigenvalue weighted by Crippen LogP contribution is 2.59. The predicted molar refractivity (Wildman–Crippen MR) is 111 cm³/mol. The zero-order valence-electron chi connectivity index (χ0n) is 16.7. The van der Waals surface area contributed by atoms with Crippen LogP contribution in [0.3, 0.4) is 0 Å². The van der Waals surface area contributed by atoms with Gasteiger partial charge in [-0.15, -0.1) is 0 Å². The molecular formula is C23H25ClFNO3. The second kappa shape index (κ2) is 10.4. The SMILES string of the molecule is CC1(C)C(/C=C(/F)Cl)C1COC(C#N)c1cccc(Oc2ccccc2)c1.CO. The Kier molecular flexibility index (Phi) is 8.21. The van der Waals surface area contributed by atoms with E-state index in [2.05, 4.69) is 6.07 Å². The van der Waals surface area contributed by atoms with Crippen LogP contribution in [-0.4, -0.2) is 18.8 Å². The largest absolute Gasteiger partial charge is 0.457 e. The average molecular weight is 418 g/mol. The van der Waals surface area contributed by atoms with E-state index in [1.54, 1.807) is 6.07 Å². The summed E-state index contributed by atoms with van der Waals surface area (Å²) in [6, 6.07) is 18.9. The molecule has 0 bridgehead atoms. The maximum absolute atomic E-state index is 13.0. The number of benzene rings is 2. The minimum Gasteiger partial charge on any atom is -0.457 e. The number of rotatable bonds is 7. The van der Waals surface area contributed by atoms with E-state index in [0.29, 0.717) is 12.4 Å². The van der Waals surface area contributed by atoms with Crippen molar-refractivity contribution < 1.29 is 19.0 Å². The molecule has 29 heavy (non-hydrogen) atoms. The van der Waals surface area contributed by atoms with Gasteiger partial charge in [0.25, 0.3) is 0 Å². The van der Waals surface area contributed by atoms with E-state index < -0.39 is 11.4 Å². The van der Waals surface area contributed by atoms with Crippen LogP contribution >= 0.6 is 11.6 Å². The van der Waals surface area contributed by atoms with Crippen LogP contribution in [-0.2, 0) is 4.74 Å². The maximum atomic E-state index is 13.0. The van der Waals surface area contributed by atoms with Gasteiger partial charge in [0.2, 0.25) is 0 Å². The Morgan fingerprint density at radius 3 is 2.48 bits per heavy atom. The van der Waals surface area contributed by atoms with Gasteiger partial charge in [0, 0.05) is 7.11 Å². The van der Waals surface area contributed by atoms with Gasteiger partial charge < -0.3 is 14.6 Å². The zero-order valence-corrected chi connectivity index (χ0v) is 17.4. The molecule has 1 fully saturated rings. The number of nitrogens with zero attached hydrogens (tertiary/aromatic N) is 1. The Bertz CT molecular complexity index is 860. The molecule has 0 aliphatic heterocycles. The zero-order chi connectivity index (χ0) is 21.4. The lowest BCUT2D eigenvalue weighted by molar-refractivity contribution is 0.0741. The number of hydrogen-bond donors (Lipinski definition) is 1. The number of ether oxygens (including phenoxy) is 2. The summed E-state index contributed by atoms with van der Waals surface area (Å²) in [6.07, 6.45) is 0.705. The lowest BCUT2D eigenvalue weighted by Crippen LogP contribution is -2.07. The lowest BCUT2D eigenvalue weighted by atomic mass is 10.1. The highest BCUT2D eigenvalue weighted by molar-refractivity contribution is 6.28. The van der Waals surface area contributed by atoms with Crippen LogP contribution in [0.1, 0.15) is 25.5 Å². The van der Waals surface area contributed by atoms with Gasteiger partial charge in [0.1, 0.15) is 11.5 Å². The minimum atomic E-state index is -0.716. The van der Waals surface area contributed by atoms with Crippen molar-refractivity contribution in [1.29, 1.82) is 5.26 Å². The molecule has 1 N–H and O–H groups in total. The van der Waals surface area contributed by atoms with Crippen LogP contribution in [0.4, 0.5) is 4.39 Å². The van der Waals surface area contributed by atoms with E-state index in [-0.39, 0.29) is 17.3 Å². The van der Waals surface area contributed by atoms with Gasteiger partial charge in [-0.25, -0.2) is 0 Å². The molecule has 1 aliphatic carbocycles. The topological polar surface area (TPSA) is 62.5 Å². The van der Waals surface area contributed by atoms with E-state index in [1.165, 1.54) is 6.08 Å². The Morgan fingerprint density at radius 2 is 1.86 bits per heavy atom. The lowest BCUT2D eigenvalue weighted by Gasteiger charge is -2.13. The predicted octanol–water partition coefficient (Wildman–Crippen LogP) is 5.99. The van der Waals surface area contributed by atoms with Crippen molar-refractivity contribution in [2.45, 2.75) is 20.0 Å². The summed E-state index contributed by atoms with van der Waals surface area (Å²) in [5.41, 5.74) is 0.629. The van der Waals surface area contributed by atoms with Crippen LogP contribution in [0.2, 0.25) is 0 Å². The molecule has 0 heterocycles. The molecule has 3 rings (SSSR count). The second-order valence-corrected chi connectivity index (χ2v) is 7.60. The van der Waals surface area contributed by atoms with E-state index in [9.17, 15) is 9.65 Å². The van der Waals surface area contributed by atoms with Gasteiger partial charge in [-0.3, -0.25) is 0 Å². The molecular weight excluding hydrogens is 393 g/mol. The quantitative estimate of drug-likeness (QED) is 0.600. The van der Waals surface area contributed by atoms with Crippen molar-refractivity contribution in [1.82, 2.24) is 0 Å². The first-order chi connectivity index (χ1) is 13.9. The number of aliphatic hydroxyl groups excluding tert-OH is 1. The molecule has 4 nitrogen and oxygen atoms in total. The molecule has 2 aromatic rings. The van der Waals surface area contributed by atoms with E-state index >= 15 is 0 Å². The molecule has 0 spiro atoms. The molecule has 1 saturated carbocycles. The summed E-state index contributed by atoms with van der Waals surface area (Å²) in [4.78, 5) is 0. The fourth-order valence-electron chi connectivity index (χ4n) is 3.35. The molecule has 1 aliphatic rings. The van der Waals surface area contributed by atoms with Gasteiger partial charge in [-0.05, 0) is 53.2 Å². The molecule has 0 radical (unpaired) electrons. The van der Waals surface area contributed by atoms with Gasteiger partial charge in [-0.1, -0.05) is 55.8 Å². The Balaban J connectivity index is 0.00000145. The summed E-state index contributed by atoms with van der Waals surface area (Å²) in [6.45, 7) is 4.44. The summed E-state index contributed by atoms with van der Waals surface area (Å²) < 4.78 is 24.6. The number of halogens is 2. The average Bonchev–Trinajstić information content (AvgIpc) is 3.23. The smallest absolute Gasteiger partial charge is 0.185 e. The molecule has 0 amide bonds. The second-order valence-electron chi connectivity index (χ2n) is 7.24. The Labute approximate surface area is 176 Å². The monoisotopic (exact) mass is 417 g/mol. The van der Waals surface area contributed by atoms with Crippen LogP contribution in [0.25, 0.3) is 0 Å².